The SMILES string of the molecule is CCc1[nH]c(C(=O)N2CCCC(c3nnc4n3CCCCC4)C2)c(C)c1C(=O)OC. The van der Waals surface area contributed by atoms with Gasteiger partial charge < -0.3 is 19.2 Å². The Kier molecular flexibility index (Phi) is 5.92. The van der Waals surface area contributed by atoms with E-state index >= 15 is 0 Å². The van der Waals surface area contributed by atoms with Crippen LogP contribution in [0.4, 0.5) is 0 Å². The number of methoxy groups -OCH3 is 1. The molecule has 8 heteroatoms. The molecule has 0 bridgehead atoms. The summed E-state index contributed by atoms with van der Waals surface area (Å²) >= 11 is 0. The maximum atomic E-state index is 13.4. The number of rotatable bonds is 4. The van der Waals surface area contributed by atoms with E-state index in [1.807, 2.05) is 18.7 Å². The van der Waals surface area contributed by atoms with Crippen LogP contribution < -0.4 is 0 Å². The number of esters is 1. The lowest BCUT2D eigenvalue weighted by atomic mass is 9.96. The molecule has 8 nitrogen and oxygen atoms in total. The van der Waals surface area contributed by atoms with Crippen LogP contribution in [-0.2, 0) is 24.1 Å². The van der Waals surface area contributed by atoms with Crippen LogP contribution in [0.5, 0.6) is 0 Å². The highest BCUT2D eigenvalue weighted by Crippen LogP contribution is 2.30. The summed E-state index contributed by atoms with van der Waals surface area (Å²) in [6, 6.07) is 0. The number of hydrogen-bond acceptors (Lipinski definition) is 5. The van der Waals surface area contributed by atoms with Gasteiger partial charge in [0.15, 0.2) is 0 Å². The first kappa shape index (κ1) is 20.6. The van der Waals surface area contributed by atoms with Gasteiger partial charge in [-0.25, -0.2) is 4.79 Å². The molecule has 0 spiro atoms. The van der Waals surface area contributed by atoms with Crippen LogP contribution >= 0.6 is 0 Å². The van der Waals surface area contributed by atoms with Crippen LogP contribution in [0.15, 0.2) is 0 Å². The largest absolute Gasteiger partial charge is 0.465 e. The predicted molar refractivity (Wildman–Crippen MR) is 112 cm³/mol. The lowest BCUT2D eigenvalue weighted by molar-refractivity contribution is 0.0599. The zero-order valence-corrected chi connectivity index (χ0v) is 18.2. The van der Waals surface area contributed by atoms with Gasteiger partial charge >= 0.3 is 5.97 Å². The molecule has 0 radical (unpaired) electrons. The Hall–Kier alpha value is -2.64. The third-order valence-electron chi connectivity index (χ3n) is 6.50. The second-order valence-corrected chi connectivity index (χ2v) is 8.35. The summed E-state index contributed by atoms with van der Waals surface area (Å²) in [6.07, 6.45) is 7.12. The van der Waals surface area contributed by atoms with Crippen molar-refractivity contribution in [1.29, 1.82) is 0 Å². The van der Waals surface area contributed by atoms with Crippen molar-refractivity contribution < 1.29 is 14.3 Å². The number of H-pyrrole nitrogens is 1. The van der Waals surface area contributed by atoms with Gasteiger partial charge in [-0.15, -0.1) is 10.2 Å². The fourth-order valence-electron chi connectivity index (χ4n) is 4.86. The fourth-order valence-corrected chi connectivity index (χ4v) is 4.86. The number of aromatic amines is 1. The van der Waals surface area contributed by atoms with Gasteiger partial charge in [-0.2, -0.15) is 0 Å². The molecule has 1 fully saturated rings. The highest BCUT2D eigenvalue weighted by Gasteiger charge is 2.32. The zero-order valence-electron chi connectivity index (χ0n) is 18.2. The topological polar surface area (TPSA) is 93.1 Å². The number of likely N-dealkylation sites (tertiary alicyclic amines) is 1. The Morgan fingerprint density at radius 1 is 1.17 bits per heavy atom. The van der Waals surface area contributed by atoms with Crippen LogP contribution in [0.3, 0.4) is 0 Å². The molecule has 4 rings (SSSR count). The van der Waals surface area contributed by atoms with E-state index in [1.165, 1.54) is 20.0 Å². The Balaban J connectivity index is 1.57. The molecule has 2 aliphatic rings. The van der Waals surface area contributed by atoms with Crippen molar-refractivity contribution in [2.24, 2.45) is 0 Å². The van der Waals surface area contributed by atoms with Crippen molar-refractivity contribution in [2.45, 2.75) is 71.3 Å². The number of carbonyl (C=O) groups excluding carboxylic acids is 2. The van der Waals surface area contributed by atoms with E-state index < -0.39 is 5.97 Å². The van der Waals surface area contributed by atoms with Crippen LogP contribution in [0.2, 0.25) is 0 Å². The Morgan fingerprint density at radius 3 is 2.77 bits per heavy atom. The van der Waals surface area contributed by atoms with E-state index in [2.05, 4.69) is 19.7 Å². The molecule has 2 aliphatic heterocycles. The van der Waals surface area contributed by atoms with Crippen molar-refractivity contribution in [3.8, 4) is 0 Å². The summed E-state index contributed by atoms with van der Waals surface area (Å²) in [5.41, 5.74) is 2.40. The summed E-state index contributed by atoms with van der Waals surface area (Å²) in [4.78, 5) is 30.7. The highest BCUT2D eigenvalue weighted by molar-refractivity contribution is 6.00. The number of nitrogens with one attached hydrogen (secondary N) is 1. The number of ether oxygens (including phenoxy) is 1. The van der Waals surface area contributed by atoms with Gasteiger partial charge in [0.05, 0.1) is 12.7 Å². The summed E-state index contributed by atoms with van der Waals surface area (Å²) in [7, 11) is 1.37. The summed E-state index contributed by atoms with van der Waals surface area (Å²) < 4.78 is 7.21. The van der Waals surface area contributed by atoms with Crippen LogP contribution in [0.25, 0.3) is 0 Å². The highest BCUT2D eigenvalue weighted by atomic mass is 16.5. The first-order valence-electron chi connectivity index (χ1n) is 11.1. The fraction of sp³-hybridized carbons (Fsp3) is 0.636. The average molecular weight is 414 g/mol. The molecule has 1 atom stereocenters. The lowest BCUT2D eigenvalue weighted by Crippen LogP contribution is -2.40. The van der Waals surface area contributed by atoms with Gasteiger partial charge in [0.25, 0.3) is 5.91 Å². The smallest absolute Gasteiger partial charge is 0.339 e. The number of aromatic nitrogens is 4. The summed E-state index contributed by atoms with van der Waals surface area (Å²) in [6.45, 7) is 6.09. The molecule has 0 aromatic carbocycles. The maximum absolute atomic E-state index is 13.4. The molecular formula is C22H31N5O3. The number of hydrogen-bond donors (Lipinski definition) is 1. The number of amides is 1. The average Bonchev–Trinajstić information content (AvgIpc) is 3.24. The minimum absolute atomic E-state index is 0.0577. The van der Waals surface area contributed by atoms with Crippen LogP contribution in [0.1, 0.15) is 88.7 Å². The quantitative estimate of drug-likeness (QED) is 0.778. The van der Waals surface area contributed by atoms with Gasteiger partial charge in [-0.1, -0.05) is 13.3 Å². The molecule has 0 saturated carbocycles. The van der Waals surface area contributed by atoms with E-state index in [0.717, 1.165) is 49.6 Å². The number of fused-ring (bicyclic) bond motifs is 1. The minimum atomic E-state index is -0.401. The molecule has 2 aromatic rings. The van der Waals surface area contributed by atoms with E-state index in [4.69, 9.17) is 4.74 Å². The lowest BCUT2D eigenvalue weighted by Gasteiger charge is -2.32. The van der Waals surface area contributed by atoms with Gasteiger partial charge in [0.1, 0.15) is 17.3 Å². The van der Waals surface area contributed by atoms with E-state index in [0.29, 0.717) is 36.3 Å². The Labute approximate surface area is 177 Å². The molecule has 1 N–H and O–H groups in total. The summed E-state index contributed by atoms with van der Waals surface area (Å²) in [5.74, 6) is 1.85. The molecule has 162 valence electrons. The normalized spacial score (nSPS) is 19.3. The van der Waals surface area contributed by atoms with Gasteiger partial charge in [0, 0.05) is 37.7 Å². The number of carbonyl (C=O) groups is 2. The van der Waals surface area contributed by atoms with Crippen LogP contribution in [-0.4, -0.2) is 56.7 Å². The van der Waals surface area contributed by atoms with Gasteiger partial charge in [-0.3, -0.25) is 4.79 Å². The molecule has 2 aromatic heterocycles. The molecular weight excluding hydrogens is 382 g/mol. The maximum Gasteiger partial charge on any atom is 0.339 e. The molecule has 0 aliphatic carbocycles. The molecule has 1 amide bonds. The van der Waals surface area contributed by atoms with E-state index in [1.54, 1.807) is 0 Å². The number of nitrogens with zero attached hydrogens (tertiary/aromatic N) is 4. The molecule has 1 unspecified atom stereocenters. The van der Waals surface area contributed by atoms with Gasteiger partial charge in [0.2, 0.25) is 0 Å². The summed E-state index contributed by atoms with van der Waals surface area (Å²) in [5, 5.41) is 8.96. The van der Waals surface area contributed by atoms with E-state index in [-0.39, 0.29) is 11.8 Å². The number of aryl methyl sites for hydroxylation is 2. The van der Waals surface area contributed by atoms with Crippen molar-refractivity contribution in [1.82, 2.24) is 24.6 Å². The molecule has 4 heterocycles. The third kappa shape index (κ3) is 3.63. The Morgan fingerprint density at radius 2 is 2.00 bits per heavy atom. The number of piperidine rings is 1. The molecule has 1 saturated heterocycles. The van der Waals surface area contributed by atoms with Crippen molar-refractivity contribution in [3.63, 3.8) is 0 Å². The van der Waals surface area contributed by atoms with Crippen molar-refractivity contribution in [2.75, 3.05) is 20.2 Å². The van der Waals surface area contributed by atoms with Crippen molar-refractivity contribution >= 4 is 11.9 Å². The van der Waals surface area contributed by atoms with Crippen molar-refractivity contribution in [3.05, 3.63) is 34.2 Å². The first-order chi connectivity index (χ1) is 14.5. The van der Waals surface area contributed by atoms with Gasteiger partial charge in [-0.05, 0) is 44.6 Å². The second kappa shape index (κ2) is 8.62. The first-order valence-corrected chi connectivity index (χ1v) is 11.1. The minimum Gasteiger partial charge on any atom is -0.465 e. The van der Waals surface area contributed by atoms with Crippen LogP contribution in [0, 0.1) is 6.92 Å². The zero-order chi connectivity index (χ0) is 21.3. The third-order valence-corrected chi connectivity index (χ3v) is 6.50. The second-order valence-electron chi connectivity index (χ2n) is 8.35. The predicted octanol–water partition coefficient (Wildman–Crippen LogP) is 3.01. The van der Waals surface area contributed by atoms with E-state index in [9.17, 15) is 9.59 Å². The standard InChI is InChI=1S/C22H31N5O3/c1-4-16-18(22(29)30-3)14(2)19(23-16)21(28)26-11-8-9-15(13-26)20-25-24-17-10-6-5-7-12-27(17)20/h15,23H,4-13H2,1-3H3. The molecule has 30 heavy (non-hydrogen) atoms. The Bertz CT molecular complexity index is 945. The monoisotopic (exact) mass is 413 g/mol.